The number of nitrogens with zero attached hydrogens (tertiary/aromatic N) is 1. The van der Waals surface area contributed by atoms with Crippen molar-refractivity contribution < 1.29 is 37.6 Å². The molecule has 0 aliphatic rings. The first-order valence-corrected chi connectivity index (χ1v) is 15.8. The molecule has 0 aromatic heterocycles. The van der Waals surface area contributed by atoms with Crippen molar-refractivity contribution in [1.29, 1.82) is 0 Å². The van der Waals surface area contributed by atoms with Crippen LogP contribution in [-0.4, -0.2) is 80.0 Å². The standard InChI is InChI=1S/C27H56NO7P/c1-6-8-10-11-12-13-14-15-16-17-18-20-25(30)27(33-22-19-9-7-2)26(24-29)35-36(31,32)34-23-21-28(3,4)5/h26-27,29H,6-24H2,1-5H3/p+1/t26-,27?/m0/s1. The highest BCUT2D eigenvalue weighted by Crippen LogP contribution is 2.45. The number of quaternary nitrogens is 1. The zero-order valence-corrected chi connectivity index (χ0v) is 24.8. The van der Waals surface area contributed by atoms with Crippen LogP contribution in [0.4, 0.5) is 0 Å². The monoisotopic (exact) mass is 538 g/mol. The summed E-state index contributed by atoms with van der Waals surface area (Å²) in [7, 11) is 1.37. The Morgan fingerprint density at radius 3 is 1.81 bits per heavy atom. The fourth-order valence-corrected chi connectivity index (χ4v) is 4.78. The predicted octanol–water partition coefficient (Wildman–Crippen LogP) is 6.03. The molecule has 0 aliphatic heterocycles. The molecular formula is C27H57NO7P+. The Morgan fingerprint density at radius 2 is 1.31 bits per heavy atom. The highest BCUT2D eigenvalue weighted by Gasteiger charge is 2.36. The molecule has 2 unspecified atom stereocenters. The zero-order chi connectivity index (χ0) is 27.3. The van der Waals surface area contributed by atoms with Crippen LogP contribution >= 0.6 is 7.82 Å². The number of ether oxygens (including phenoxy) is 1. The quantitative estimate of drug-likeness (QED) is 0.0787. The number of aliphatic hydroxyl groups is 1. The molecule has 36 heavy (non-hydrogen) atoms. The first-order chi connectivity index (χ1) is 17.1. The van der Waals surface area contributed by atoms with E-state index < -0.39 is 26.6 Å². The van der Waals surface area contributed by atoms with Crippen molar-refractivity contribution in [2.45, 2.75) is 122 Å². The molecule has 3 atom stereocenters. The molecule has 0 aromatic carbocycles. The van der Waals surface area contributed by atoms with Crippen LogP contribution in [-0.2, 0) is 23.1 Å². The van der Waals surface area contributed by atoms with E-state index in [1.807, 2.05) is 21.1 Å². The lowest BCUT2D eigenvalue weighted by Gasteiger charge is -2.27. The molecule has 2 N–H and O–H groups in total. The molecule has 0 rings (SSSR count). The van der Waals surface area contributed by atoms with E-state index in [1.165, 1.54) is 51.4 Å². The maximum Gasteiger partial charge on any atom is 0.472 e. The van der Waals surface area contributed by atoms with E-state index in [9.17, 15) is 19.4 Å². The molecule has 0 spiro atoms. The van der Waals surface area contributed by atoms with Gasteiger partial charge in [0.05, 0.1) is 27.7 Å². The summed E-state index contributed by atoms with van der Waals surface area (Å²) in [6.07, 6.45) is 13.8. The van der Waals surface area contributed by atoms with E-state index in [1.54, 1.807) is 0 Å². The first kappa shape index (κ1) is 35.7. The molecule has 9 heteroatoms. The third-order valence-electron chi connectivity index (χ3n) is 6.19. The molecule has 0 aromatic rings. The number of ketones is 1. The summed E-state index contributed by atoms with van der Waals surface area (Å²) in [5.41, 5.74) is 0. The van der Waals surface area contributed by atoms with Gasteiger partial charge in [0.15, 0.2) is 5.78 Å². The second-order valence-corrected chi connectivity index (χ2v) is 12.3. The summed E-state index contributed by atoms with van der Waals surface area (Å²) in [5.74, 6) is -0.201. The lowest BCUT2D eigenvalue weighted by Crippen LogP contribution is -2.41. The van der Waals surface area contributed by atoms with Gasteiger partial charge < -0.3 is 19.2 Å². The molecule has 8 nitrogen and oxygen atoms in total. The van der Waals surface area contributed by atoms with Crippen molar-refractivity contribution in [2.75, 3.05) is 47.5 Å². The summed E-state index contributed by atoms with van der Waals surface area (Å²) in [6.45, 7) is 4.56. The first-order valence-electron chi connectivity index (χ1n) is 14.3. The number of hydrogen-bond donors (Lipinski definition) is 2. The average Bonchev–Trinajstić information content (AvgIpc) is 2.80. The normalized spacial score (nSPS) is 15.5. The van der Waals surface area contributed by atoms with Gasteiger partial charge in [0, 0.05) is 13.0 Å². The van der Waals surface area contributed by atoms with Gasteiger partial charge in [-0.2, -0.15) is 0 Å². The third-order valence-corrected chi connectivity index (χ3v) is 7.24. The van der Waals surface area contributed by atoms with E-state index in [2.05, 4.69) is 13.8 Å². The summed E-state index contributed by atoms with van der Waals surface area (Å²) in [4.78, 5) is 23.1. The summed E-state index contributed by atoms with van der Waals surface area (Å²) in [6, 6.07) is 0. The van der Waals surface area contributed by atoms with Crippen LogP contribution in [0.3, 0.4) is 0 Å². The highest BCUT2D eigenvalue weighted by atomic mass is 31.2. The topological polar surface area (TPSA) is 102 Å². The van der Waals surface area contributed by atoms with Gasteiger partial charge in [-0.05, 0) is 12.8 Å². The lowest BCUT2D eigenvalue weighted by atomic mass is 10.0. The van der Waals surface area contributed by atoms with Crippen LogP contribution in [0.25, 0.3) is 0 Å². The van der Waals surface area contributed by atoms with Crippen molar-refractivity contribution >= 4 is 13.6 Å². The number of hydrogen-bond acceptors (Lipinski definition) is 6. The van der Waals surface area contributed by atoms with E-state index in [4.69, 9.17) is 13.8 Å². The minimum absolute atomic E-state index is 0.0180. The van der Waals surface area contributed by atoms with Gasteiger partial charge in [-0.3, -0.25) is 13.8 Å². The largest absolute Gasteiger partial charge is 0.472 e. The van der Waals surface area contributed by atoms with Gasteiger partial charge >= 0.3 is 7.82 Å². The van der Waals surface area contributed by atoms with E-state index in [0.29, 0.717) is 24.1 Å². The number of Topliss-reactive ketones (excluding diaryl/α,β-unsaturated/α-hetero) is 1. The number of phosphoric acid groups is 1. The van der Waals surface area contributed by atoms with E-state index >= 15 is 0 Å². The third kappa shape index (κ3) is 20.7. The Kier molecular flexibility index (Phi) is 21.4. The Balaban J connectivity index is 4.62. The van der Waals surface area contributed by atoms with Gasteiger partial charge in [-0.1, -0.05) is 90.9 Å². The number of carbonyl (C=O) groups excluding carboxylic acids is 1. The van der Waals surface area contributed by atoms with Crippen LogP contribution in [0.1, 0.15) is 110 Å². The Labute approximate surface area is 221 Å². The van der Waals surface area contributed by atoms with Crippen LogP contribution < -0.4 is 0 Å². The Morgan fingerprint density at radius 1 is 0.806 bits per heavy atom. The molecule has 0 radical (unpaired) electrons. The van der Waals surface area contributed by atoms with Gasteiger partial charge in [0.25, 0.3) is 0 Å². The summed E-state index contributed by atoms with van der Waals surface area (Å²) < 4.78 is 29.1. The molecule has 0 fully saturated rings. The van der Waals surface area contributed by atoms with Crippen LogP contribution in [0.15, 0.2) is 0 Å². The van der Waals surface area contributed by atoms with Crippen molar-refractivity contribution in [2.24, 2.45) is 0 Å². The van der Waals surface area contributed by atoms with Crippen molar-refractivity contribution in [1.82, 2.24) is 0 Å². The molecule has 0 bridgehead atoms. The molecule has 0 amide bonds. The predicted molar refractivity (Wildman–Crippen MR) is 146 cm³/mol. The molecule has 0 aliphatic carbocycles. The number of likely N-dealkylation sites (N-methyl/N-ethyl adjacent to an activating group) is 1. The molecule has 216 valence electrons. The van der Waals surface area contributed by atoms with Crippen molar-refractivity contribution in [3.05, 3.63) is 0 Å². The van der Waals surface area contributed by atoms with Gasteiger partial charge in [-0.15, -0.1) is 0 Å². The van der Waals surface area contributed by atoms with Crippen molar-refractivity contribution in [3.63, 3.8) is 0 Å². The second kappa shape index (κ2) is 21.6. The number of unbranched alkanes of at least 4 members (excludes halogenated alkanes) is 12. The minimum atomic E-state index is -4.45. The maximum absolute atomic E-state index is 13.0. The van der Waals surface area contributed by atoms with Crippen LogP contribution in [0.2, 0.25) is 0 Å². The maximum atomic E-state index is 13.0. The summed E-state index contributed by atoms with van der Waals surface area (Å²) >= 11 is 0. The smallest absolute Gasteiger partial charge is 0.394 e. The molecule has 0 saturated carbocycles. The molecule has 0 heterocycles. The minimum Gasteiger partial charge on any atom is -0.394 e. The van der Waals surface area contributed by atoms with Gasteiger partial charge in [-0.25, -0.2) is 4.57 Å². The average molecular weight is 539 g/mol. The number of carbonyl (C=O) groups is 1. The number of phosphoric ester groups is 1. The molecular weight excluding hydrogens is 481 g/mol. The number of rotatable bonds is 26. The number of aliphatic hydroxyl groups excluding tert-OH is 1. The second-order valence-electron chi connectivity index (χ2n) is 10.9. The SMILES string of the molecule is CCCCCCCCCCCCCC(=O)C(OCCCCC)[C@H](CO)OP(=O)(O)OCC[N+](C)(C)C. The van der Waals surface area contributed by atoms with E-state index in [0.717, 1.165) is 38.5 Å². The Bertz CT molecular complexity index is 583. The van der Waals surface area contributed by atoms with Crippen LogP contribution in [0, 0.1) is 0 Å². The highest BCUT2D eigenvalue weighted by molar-refractivity contribution is 7.47. The van der Waals surface area contributed by atoms with E-state index in [-0.39, 0.29) is 12.4 Å². The van der Waals surface area contributed by atoms with Gasteiger partial charge in [0.1, 0.15) is 25.4 Å². The fraction of sp³-hybridized carbons (Fsp3) is 0.963. The van der Waals surface area contributed by atoms with Crippen molar-refractivity contribution in [3.8, 4) is 0 Å². The zero-order valence-electron chi connectivity index (χ0n) is 23.9. The summed E-state index contributed by atoms with van der Waals surface area (Å²) in [5, 5.41) is 9.88. The fourth-order valence-electron chi connectivity index (χ4n) is 3.89. The Hall–Kier alpha value is -0.340. The molecule has 0 saturated heterocycles. The lowest BCUT2D eigenvalue weighted by molar-refractivity contribution is -0.870. The van der Waals surface area contributed by atoms with Crippen LogP contribution in [0.5, 0.6) is 0 Å². The van der Waals surface area contributed by atoms with Gasteiger partial charge in [0.2, 0.25) is 0 Å².